The molecular weight excluding hydrogens is 266 g/mol. The van der Waals surface area contributed by atoms with Gasteiger partial charge in [0.25, 0.3) is 0 Å². The molecule has 5 nitrogen and oxygen atoms in total. The number of aromatic hydroxyl groups is 1. The molecule has 114 valence electrons. The summed E-state index contributed by atoms with van der Waals surface area (Å²) in [5, 5.41) is 12.6. The number of amides is 1. The molecule has 0 saturated carbocycles. The van der Waals surface area contributed by atoms with Gasteiger partial charge in [-0.3, -0.25) is 4.79 Å². The Morgan fingerprint density at radius 2 is 1.81 bits per heavy atom. The van der Waals surface area contributed by atoms with Crippen molar-refractivity contribution in [2.75, 3.05) is 44.2 Å². The van der Waals surface area contributed by atoms with E-state index in [9.17, 15) is 9.90 Å². The highest BCUT2D eigenvalue weighted by Gasteiger charge is 2.32. The first kappa shape index (κ1) is 14.2. The minimum atomic E-state index is 0.131. The standard InChI is InChI=1S/C16H23N3O2/c1-12(13-10-17-11-13)16(21)19-8-6-18(7-9-19)14-2-4-15(20)5-3-14/h2-5,12-13,17,20H,6-11H2,1H3. The molecule has 0 spiro atoms. The summed E-state index contributed by atoms with van der Waals surface area (Å²) >= 11 is 0. The lowest BCUT2D eigenvalue weighted by molar-refractivity contribution is -0.137. The van der Waals surface area contributed by atoms with E-state index in [1.54, 1.807) is 12.1 Å². The smallest absolute Gasteiger partial charge is 0.225 e. The Kier molecular flexibility index (Phi) is 4.01. The number of carbonyl (C=O) groups is 1. The number of anilines is 1. The minimum Gasteiger partial charge on any atom is -0.508 e. The highest BCUT2D eigenvalue weighted by atomic mass is 16.3. The fourth-order valence-electron chi connectivity index (χ4n) is 3.00. The first-order valence-corrected chi connectivity index (χ1v) is 7.68. The average molecular weight is 289 g/mol. The highest BCUT2D eigenvalue weighted by Crippen LogP contribution is 2.22. The SMILES string of the molecule is CC(C(=O)N1CCN(c2ccc(O)cc2)CC1)C1CNC1. The molecular formula is C16H23N3O2. The summed E-state index contributed by atoms with van der Waals surface area (Å²) in [6, 6.07) is 7.27. The summed E-state index contributed by atoms with van der Waals surface area (Å²) in [5.41, 5.74) is 1.11. The Morgan fingerprint density at radius 1 is 1.19 bits per heavy atom. The molecule has 5 heteroatoms. The summed E-state index contributed by atoms with van der Waals surface area (Å²) < 4.78 is 0. The average Bonchev–Trinajstić information content (AvgIpc) is 2.46. The van der Waals surface area contributed by atoms with Gasteiger partial charge in [-0.05, 0) is 43.3 Å². The van der Waals surface area contributed by atoms with Gasteiger partial charge < -0.3 is 20.2 Å². The van der Waals surface area contributed by atoms with Crippen LogP contribution in [0.3, 0.4) is 0 Å². The van der Waals surface area contributed by atoms with Crippen molar-refractivity contribution in [1.29, 1.82) is 0 Å². The molecule has 1 aromatic carbocycles. The van der Waals surface area contributed by atoms with Crippen molar-refractivity contribution in [3.63, 3.8) is 0 Å². The summed E-state index contributed by atoms with van der Waals surface area (Å²) in [4.78, 5) is 16.7. The Morgan fingerprint density at radius 3 is 2.33 bits per heavy atom. The van der Waals surface area contributed by atoms with Crippen molar-refractivity contribution in [1.82, 2.24) is 10.2 Å². The third-order valence-corrected chi connectivity index (χ3v) is 4.72. The Bertz CT molecular complexity index is 491. The lowest BCUT2D eigenvalue weighted by Gasteiger charge is -2.40. The molecule has 0 aliphatic carbocycles. The molecule has 2 N–H and O–H groups in total. The van der Waals surface area contributed by atoms with E-state index in [4.69, 9.17) is 0 Å². The third kappa shape index (κ3) is 2.97. The number of carbonyl (C=O) groups excluding carboxylic acids is 1. The van der Waals surface area contributed by atoms with Gasteiger partial charge in [0, 0.05) is 37.8 Å². The minimum absolute atomic E-state index is 0.131. The molecule has 0 aromatic heterocycles. The van der Waals surface area contributed by atoms with Crippen LogP contribution in [0.15, 0.2) is 24.3 Å². The van der Waals surface area contributed by atoms with E-state index in [-0.39, 0.29) is 11.7 Å². The van der Waals surface area contributed by atoms with Gasteiger partial charge in [-0.15, -0.1) is 0 Å². The summed E-state index contributed by atoms with van der Waals surface area (Å²) in [7, 11) is 0. The van der Waals surface area contributed by atoms with Crippen LogP contribution in [-0.2, 0) is 4.79 Å². The molecule has 2 fully saturated rings. The zero-order chi connectivity index (χ0) is 14.8. The van der Waals surface area contributed by atoms with Crippen LogP contribution < -0.4 is 10.2 Å². The summed E-state index contributed by atoms with van der Waals surface area (Å²) in [6.07, 6.45) is 0. The molecule has 1 unspecified atom stereocenters. The largest absolute Gasteiger partial charge is 0.508 e. The molecule has 21 heavy (non-hydrogen) atoms. The van der Waals surface area contributed by atoms with Gasteiger partial charge in [0.1, 0.15) is 5.75 Å². The number of phenolic OH excluding ortho intramolecular Hbond substituents is 1. The molecule has 1 amide bonds. The fourth-order valence-corrected chi connectivity index (χ4v) is 3.00. The van der Waals surface area contributed by atoms with E-state index < -0.39 is 0 Å². The summed E-state index contributed by atoms with van der Waals surface area (Å²) in [5.74, 6) is 1.22. The Balaban J connectivity index is 1.54. The number of benzene rings is 1. The predicted molar refractivity (Wildman–Crippen MR) is 82.4 cm³/mol. The number of piperazine rings is 1. The Labute approximate surface area is 125 Å². The monoisotopic (exact) mass is 289 g/mol. The maximum atomic E-state index is 12.5. The van der Waals surface area contributed by atoms with E-state index in [0.29, 0.717) is 11.8 Å². The van der Waals surface area contributed by atoms with Gasteiger partial charge in [-0.2, -0.15) is 0 Å². The third-order valence-electron chi connectivity index (χ3n) is 4.72. The second kappa shape index (κ2) is 5.93. The van der Waals surface area contributed by atoms with E-state index in [0.717, 1.165) is 45.0 Å². The molecule has 2 aliphatic heterocycles. The van der Waals surface area contributed by atoms with Crippen molar-refractivity contribution in [3.05, 3.63) is 24.3 Å². The molecule has 3 rings (SSSR count). The topological polar surface area (TPSA) is 55.8 Å². The first-order valence-electron chi connectivity index (χ1n) is 7.68. The van der Waals surface area contributed by atoms with E-state index in [1.165, 1.54) is 0 Å². The van der Waals surface area contributed by atoms with Crippen molar-refractivity contribution in [2.24, 2.45) is 11.8 Å². The van der Waals surface area contributed by atoms with Gasteiger partial charge in [-0.1, -0.05) is 6.92 Å². The molecule has 0 bridgehead atoms. The van der Waals surface area contributed by atoms with Crippen LogP contribution in [0.5, 0.6) is 5.75 Å². The number of hydrogen-bond acceptors (Lipinski definition) is 4. The number of phenols is 1. The predicted octanol–water partition coefficient (Wildman–Crippen LogP) is 0.896. The highest BCUT2D eigenvalue weighted by molar-refractivity contribution is 5.79. The molecule has 1 atom stereocenters. The second-order valence-corrected chi connectivity index (χ2v) is 6.04. The second-order valence-electron chi connectivity index (χ2n) is 6.04. The molecule has 2 saturated heterocycles. The molecule has 1 aromatic rings. The lowest BCUT2D eigenvalue weighted by Crippen LogP contribution is -2.54. The quantitative estimate of drug-likeness (QED) is 0.868. The van der Waals surface area contributed by atoms with Gasteiger partial charge in [0.2, 0.25) is 5.91 Å². The van der Waals surface area contributed by atoms with Gasteiger partial charge in [0.15, 0.2) is 0 Å². The zero-order valence-electron chi connectivity index (χ0n) is 12.5. The molecule has 2 heterocycles. The maximum Gasteiger partial charge on any atom is 0.225 e. The Hall–Kier alpha value is -1.75. The van der Waals surface area contributed by atoms with Crippen LogP contribution >= 0.6 is 0 Å². The van der Waals surface area contributed by atoms with E-state index >= 15 is 0 Å². The van der Waals surface area contributed by atoms with Crippen molar-refractivity contribution in [2.45, 2.75) is 6.92 Å². The van der Waals surface area contributed by atoms with Crippen LogP contribution in [0.1, 0.15) is 6.92 Å². The maximum absolute atomic E-state index is 12.5. The van der Waals surface area contributed by atoms with Crippen LogP contribution in [0, 0.1) is 11.8 Å². The van der Waals surface area contributed by atoms with Crippen molar-refractivity contribution >= 4 is 11.6 Å². The van der Waals surface area contributed by atoms with Crippen LogP contribution in [0.25, 0.3) is 0 Å². The van der Waals surface area contributed by atoms with Crippen molar-refractivity contribution in [3.8, 4) is 5.75 Å². The zero-order valence-corrected chi connectivity index (χ0v) is 12.5. The van der Waals surface area contributed by atoms with Gasteiger partial charge in [-0.25, -0.2) is 0 Å². The van der Waals surface area contributed by atoms with Crippen LogP contribution in [0.4, 0.5) is 5.69 Å². The van der Waals surface area contributed by atoms with Crippen LogP contribution in [-0.4, -0.2) is 55.2 Å². The van der Waals surface area contributed by atoms with Gasteiger partial charge >= 0.3 is 0 Å². The number of nitrogens with one attached hydrogen (secondary N) is 1. The lowest BCUT2D eigenvalue weighted by atomic mass is 9.88. The normalized spacial score (nSPS) is 21.0. The summed E-state index contributed by atoms with van der Waals surface area (Å²) in [6.45, 7) is 7.27. The number of nitrogens with zero attached hydrogens (tertiary/aromatic N) is 2. The number of rotatable bonds is 3. The first-order chi connectivity index (χ1) is 10.1. The fraction of sp³-hybridized carbons (Fsp3) is 0.562. The van der Waals surface area contributed by atoms with Crippen molar-refractivity contribution < 1.29 is 9.90 Å². The number of hydrogen-bond donors (Lipinski definition) is 2. The van der Waals surface area contributed by atoms with Crippen LogP contribution in [0.2, 0.25) is 0 Å². The molecule has 2 aliphatic rings. The molecule has 0 radical (unpaired) electrons. The van der Waals surface area contributed by atoms with Gasteiger partial charge in [0.05, 0.1) is 0 Å². The van der Waals surface area contributed by atoms with E-state index in [1.807, 2.05) is 17.0 Å². The van der Waals surface area contributed by atoms with E-state index in [2.05, 4.69) is 17.1 Å².